The number of hydrogen-bond donors (Lipinski definition) is 2. The highest BCUT2D eigenvalue weighted by molar-refractivity contribution is 6.32. The monoisotopic (exact) mass is 253 g/mol. The molecule has 2 N–H and O–H groups in total. The Hall–Kier alpha value is -0.800. The van der Waals surface area contributed by atoms with Crippen LogP contribution in [0.5, 0.6) is 0 Å². The van der Waals surface area contributed by atoms with Gasteiger partial charge in [0.05, 0.1) is 5.69 Å². The third-order valence-electron chi connectivity index (χ3n) is 3.57. The molecule has 0 aromatic carbocycles. The molecular weight excluding hydrogens is 234 g/mol. The van der Waals surface area contributed by atoms with Crippen LogP contribution in [0.3, 0.4) is 0 Å². The van der Waals surface area contributed by atoms with Gasteiger partial charge in [0.1, 0.15) is 0 Å². The van der Waals surface area contributed by atoms with Crippen molar-refractivity contribution in [2.24, 2.45) is 5.41 Å². The minimum absolute atomic E-state index is 0.226. The van der Waals surface area contributed by atoms with Gasteiger partial charge >= 0.3 is 0 Å². The molecule has 3 nitrogen and oxygen atoms in total. The fraction of sp³-hybridized carbons (Fsp3) is 0.615. The number of aromatic nitrogens is 1. The predicted molar refractivity (Wildman–Crippen MR) is 72.7 cm³/mol. The molecule has 4 heteroatoms. The molecule has 2 heterocycles. The molecular formula is C13H20ClN3. The number of pyridine rings is 1. The lowest BCUT2D eigenvalue weighted by Gasteiger charge is -2.40. The smallest absolute Gasteiger partial charge is 0.152 e. The number of halogens is 1. The first-order chi connectivity index (χ1) is 8.00. The zero-order valence-electron chi connectivity index (χ0n) is 10.7. The summed E-state index contributed by atoms with van der Waals surface area (Å²) in [6, 6.07) is 2.42. The highest BCUT2D eigenvalue weighted by Gasteiger charge is 2.32. The molecule has 1 fully saturated rings. The van der Waals surface area contributed by atoms with Gasteiger partial charge in [-0.1, -0.05) is 25.4 Å². The van der Waals surface area contributed by atoms with Gasteiger partial charge in [-0.15, -0.1) is 0 Å². The summed E-state index contributed by atoms with van der Waals surface area (Å²) >= 11 is 6.15. The van der Waals surface area contributed by atoms with Gasteiger partial charge in [-0.3, -0.25) is 0 Å². The Morgan fingerprint density at radius 2 is 2.29 bits per heavy atom. The first-order valence-electron chi connectivity index (χ1n) is 6.09. The van der Waals surface area contributed by atoms with Crippen LogP contribution in [0, 0.1) is 12.3 Å². The molecule has 2 rings (SSSR count). The van der Waals surface area contributed by atoms with Crippen molar-refractivity contribution < 1.29 is 0 Å². The second-order valence-corrected chi connectivity index (χ2v) is 5.80. The van der Waals surface area contributed by atoms with Gasteiger partial charge in [-0.05, 0) is 36.9 Å². The molecule has 0 aliphatic carbocycles. The van der Waals surface area contributed by atoms with Crippen molar-refractivity contribution in [1.29, 1.82) is 0 Å². The molecule has 94 valence electrons. The van der Waals surface area contributed by atoms with Crippen molar-refractivity contribution in [1.82, 2.24) is 10.3 Å². The number of piperidine rings is 1. The molecule has 1 aliphatic rings. The SMILES string of the molecule is Cc1ccnc(Cl)c1NC1CCNCC1(C)C. The highest BCUT2D eigenvalue weighted by Crippen LogP contribution is 2.31. The minimum atomic E-state index is 0.226. The molecule has 1 aromatic heterocycles. The lowest BCUT2D eigenvalue weighted by atomic mass is 9.80. The van der Waals surface area contributed by atoms with E-state index >= 15 is 0 Å². The van der Waals surface area contributed by atoms with Gasteiger partial charge in [0.25, 0.3) is 0 Å². The van der Waals surface area contributed by atoms with Crippen LogP contribution in [0.4, 0.5) is 5.69 Å². The van der Waals surface area contributed by atoms with Gasteiger partial charge in [0.15, 0.2) is 5.15 Å². The van der Waals surface area contributed by atoms with Gasteiger partial charge < -0.3 is 10.6 Å². The van der Waals surface area contributed by atoms with E-state index in [1.165, 1.54) is 0 Å². The molecule has 1 unspecified atom stereocenters. The third-order valence-corrected chi connectivity index (χ3v) is 3.85. The summed E-state index contributed by atoms with van der Waals surface area (Å²) in [5.41, 5.74) is 2.36. The van der Waals surface area contributed by atoms with Crippen molar-refractivity contribution >= 4 is 17.3 Å². The van der Waals surface area contributed by atoms with E-state index in [1.54, 1.807) is 6.20 Å². The molecule has 0 saturated carbocycles. The number of aryl methyl sites for hydroxylation is 1. The molecule has 1 aliphatic heterocycles. The highest BCUT2D eigenvalue weighted by atomic mass is 35.5. The molecule has 0 spiro atoms. The summed E-state index contributed by atoms with van der Waals surface area (Å²) in [7, 11) is 0. The van der Waals surface area contributed by atoms with Gasteiger partial charge in [0.2, 0.25) is 0 Å². The summed E-state index contributed by atoms with van der Waals surface area (Å²) < 4.78 is 0. The summed E-state index contributed by atoms with van der Waals surface area (Å²) in [5.74, 6) is 0. The van der Waals surface area contributed by atoms with Crippen molar-refractivity contribution in [3.8, 4) is 0 Å². The Kier molecular flexibility index (Phi) is 3.59. The summed E-state index contributed by atoms with van der Waals surface area (Å²) in [6.45, 7) is 8.69. The molecule has 0 radical (unpaired) electrons. The second kappa shape index (κ2) is 4.83. The molecule has 1 atom stereocenters. The van der Waals surface area contributed by atoms with Crippen molar-refractivity contribution in [2.75, 3.05) is 18.4 Å². The quantitative estimate of drug-likeness (QED) is 0.796. The Bertz CT molecular complexity index is 383. The molecule has 0 amide bonds. The van der Waals surface area contributed by atoms with E-state index in [0.717, 1.165) is 30.8 Å². The normalized spacial score (nSPS) is 23.4. The lowest BCUT2D eigenvalue weighted by Crippen LogP contribution is -2.49. The molecule has 0 bridgehead atoms. The van der Waals surface area contributed by atoms with Crippen LogP contribution in [0.15, 0.2) is 12.3 Å². The summed E-state index contributed by atoms with van der Waals surface area (Å²) in [5, 5.41) is 7.57. The number of rotatable bonds is 2. The fourth-order valence-electron chi connectivity index (χ4n) is 2.31. The minimum Gasteiger partial charge on any atom is -0.379 e. The first-order valence-corrected chi connectivity index (χ1v) is 6.47. The fourth-order valence-corrected chi connectivity index (χ4v) is 2.57. The Labute approximate surface area is 108 Å². The second-order valence-electron chi connectivity index (χ2n) is 5.44. The number of hydrogen-bond acceptors (Lipinski definition) is 3. The van der Waals surface area contributed by atoms with E-state index in [0.29, 0.717) is 11.2 Å². The summed E-state index contributed by atoms with van der Waals surface area (Å²) in [4.78, 5) is 4.14. The standard InChI is InChI=1S/C13H20ClN3/c1-9-4-7-16-12(14)11(9)17-10-5-6-15-8-13(10,2)3/h4,7,10,15,17H,5-6,8H2,1-3H3. The molecule has 1 saturated heterocycles. The van der Waals surface area contributed by atoms with Gasteiger partial charge in [-0.25, -0.2) is 4.98 Å². The van der Waals surface area contributed by atoms with Crippen molar-refractivity contribution in [3.63, 3.8) is 0 Å². The maximum atomic E-state index is 6.15. The van der Waals surface area contributed by atoms with E-state index in [2.05, 4.69) is 36.4 Å². The van der Waals surface area contributed by atoms with Gasteiger partial charge in [0, 0.05) is 18.8 Å². The maximum Gasteiger partial charge on any atom is 0.152 e. The molecule has 17 heavy (non-hydrogen) atoms. The lowest BCUT2D eigenvalue weighted by molar-refractivity contribution is 0.236. The predicted octanol–water partition coefficient (Wildman–Crippen LogP) is 2.84. The van der Waals surface area contributed by atoms with E-state index < -0.39 is 0 Å². The van der Waals surface area contributed by atoms with E-state index in [4.69, 9.17) is 11.6 Å². The van der Waals surface area contributed by atoms with Crippen LogP contribution in [0.1, 0.15) is 25.8 Å². The first kappa shape index (κ1) is 12.7. The van der Waals surface area contributed by atoms with Crippen molar-refractivity contribution in [3.05, 3.63) is 23.0 Å². The number of nitrogens with one attached hydrogen (secondary N) is 2. The maximum absolute atomic E-state index is 6.15. The Morgan fingerprint density at radius 1 is 1.53 bits per heavy atom. The van der Waals surface area contributed by atoms with Crippen LogP contribution in [0.25, 0.3) is 0 Å². The largest absolute Gasteiger partial charge is 0.379 e. The van der Waals surface area contributed by atoms with E-state index in [1.807, 2.05) is 6.07 Å². The number of anilines is 1. The topological polar surface area (TPSA) is 37.0 Å². The average molecular weight is 254 g/mol. The van der Waals surface area contributed by atoms with Crippen molar-refractivity contribution in [2.45, 2.75) is 33.2 Å². The van der Waals surface area contributed by atoms with Crippen LogP contribution < -0.4 is 10.6 Å². The average Bonchev–Trinajstić information content (AvgIpc) is 2.25. The molecule has 1 aromatic rings. The van der Waals surface area contributed by atoms with Crippen LogP contribution in [-0.2, 0) is 0 Å². The van der Waals surface area contributed by atoms with Crippen LogP contribution in [0.2, 0.25) is 5.15 Å². The third kappa shape index (κ3) is 2.72. The van der Waals surface area contributed by atoms with E-state index in [-0.39, 0.29) is 5.41 Å². The number of nitrogens with zero attached hydrogens (tertiary/aromatic N) is 1. The van der Waals surface area contributed by atoms with E-state index in [9.17, 15) is 0 Å². The zero-order chi connectivity index (χ0) is 12.5. The van der Waals surface area contributed by atoms with Crippen LogP contribution >= 0.6 is 11.6 Å². The van der Waals surface area contributed by atoms with Crippen LogP contribution in [-0.4, -0.2) is 24.1 Å². The van der Waals surface area contributed by atoms with Gasteiger partial charge in [-0.2, -0.15) is 0 Å². The summed E-state index contributed by atoms with van der Waals surface area (Å²) in [6.07, 6.45) is 2.86. The Balaban J connectivity index is 2.20. The Morgan fingerprint density at radius 3 is 2.94 bits per heavy atom. The zero-order valence-corrected chi connectivity index (χ0v) is 11.4.